The molecule has 3 aliphatic heterocycles. The summed E-state index contributed by atoms with van der Waals surface area (Å²) < 4.78 is 4.80. The van der Waals surface area contributed by atoms with E-state index in [0.717, 1.165) is 18.5 Å². The summed E-state index contributed by atoms with van der Waals surface area (Å²) in [6.07, 6.45) is 8.58. The first-order valence-corrected chi connectivity index (χ1v) is 12.5. The maximum atomic E-state index is 12.7. The molecule has 0 bridgehead atoms. The van der Waals surface area contributed by atoms with Gasteiger partial charge in [-0.05, 0) is 43.2 Å². The first kappa shape index (κ1) is 25.5. The first-order chi connectivity index (χ1) is 18.4. The number of nitrogens with two attached hydrogens (primary N) is 1. The lowest BCUT2D eigenvalue weighted by Gasteiger charge is -2.33. The molecule has 1 aromatic heterocycles. The SMILES string of the molecule is COCCC(=O)N1CCC[C@@H](C2=C3C=NC=C[N+]3(N)C(c3ccc(C(=O)Nc4ccccn4)cc3O)=N2)C1. The molecule has 1 unspecified atom stereocenters. The molecule has 4 N–H and O–H groups in total. The number of phenolic OH excluding ortho intramolecular Hbond substituents is 1. The summed E-state index contributed by atoms with van der Waals surface area (Å²) in [4.78, 5) is 40.5. The number of anilines is 1. The number of benzene rings is 1. The monoisotopic (exact) mass is 516 g/mol. The lowest BCUT2D eigenvalue weighted by atomic mass is 9.93. The summed E-state index contributed by atoms with van der Waals surface area (Å²) in [5.74, 6) is 7.15. The van der Waals surface area contributed by atoms with E-state index < -0.39 is 5.91 Å². The Morgan fingerprint density at radius 1 is 1.29 bits per heavy atom. The van der Waals surface area contributed by atoms with Crippen LogP contribution in [0.1, 0.15) is 35.2 Å². The van der Waals surface area contributed by atoms with Crippen LogP contribution in [-0.4, -0.2) is 70.3 Å². The largest absolute Gasteiger partial charge is 0.507 e. The number of hydrogen-bond acceptors (Lipinski definition) is 8. The number of nitrogens with zero attached hydrogens (tertiary/aromatic N) is 5. The predicted molar refractivity (Wildman–Crippen MR) is 142 cm³/mol. The standard InChI is InChI=1S/C27H29N7O4/c1-38-14-9-24(36)33-12-4-5-19(17-33)25-21-16-29-11-13-34(21,28)26(32-25)20-8-7-18(15-22(20)35)27(37)31-23-6-2-3-10-30-23/h2-3,6-8,10-11,13,15-16,19H,4-5,9,12,14,17,28H2,1H3,(H-,29,30,31,32,35,37)/p+1/t19-,34?/m1/s1. The molecule has 5 rings (SSSR count). The summed E-state index contributed by atoms with van der Waals surface area (Å²) in [5, 5.41) is 13.7. The second-order valence-corrected chi connectivity index (χ2v) is 9.38. The summed E-state index contributed by atoms with van der Waals surface area (Å²) in [6.45, 7) is 1.59. The van der Waals surface area contributed by atoms with E-state index in [4.69, 9.17) is 15.6 Å². The summed E-state index contributed by atoms with van der Waals surface area (Å²) in [7, 11) is 1.58. The number of quaternary nitrogens is 1. The molecule has 1 fully saturated rings. The van der Waals surface area contributed by atoms with Crippen LogP contribution in [0.25, 0.3) is 0 Å². The molecule has 1 aromatic carbocycles. The zero-order chi connectivity index (χ0) is 26.7. The number of amidine groups is 1. The van der Waals surface area contributed by atoms with Crippen molar-refractivity contribution in [1.29, 1.82) is 0 Å². The number of carbonyl (C=O) groups excluding carboxylic acids is 2. The van der Waals surface area contributed by atoms with Crippen molar-refractivity contribution in [3.63, 3.8) is 0 Å². The first-order valence-electron chi connectivity index (χ1n) is 12.5. The van der Waals surface area contributed by atoms with E-state index in [1.54, 1.807) is 62.3 Å². The fraction of sp³-hybridized carbons (Fsp3) is 0.296. The molecule has 0 radical (unpaired) electrons. The number of aromatic hydroxyl groups is 1. The van der Waals surface area contributed by atoms with Gasteiger partial charge in [-0.3, -0.25) is 14.6 Å². The van der Waals surface area contributed by atoms with Crippen LogP contribution in [0.2, 0.25) is 0 Å². The number of phenols is 1. The number of aliphatic imine (C=N–C) groups is 2. The Bertz CT molecular complexity index is 1370. The number of ether oxygens (including phenoxy) is 1. The number of piperidine rings is 1. The van der Waals surface area contributed by atoms with Gasteiger partial charge in [-0.2, -0.15) is 10.8 Å². The van der Waals surface area contributed by atoms with Gasteiger partial charge in [-0.15, -0.1) is 4.59 Å². The molecule has 38 heavy (non-hydrogen) atoms. The third-order valence-corrected chi connectivity index (χ3v) is 6.91. The fourth-order valence-corrected chi connectivity index (χ4v) is 4.95. The normalized spacial score (nSPS) is 22.3. The molecule has 11 nitrogen and oxygen atoms in total. The number of likely N-dealkylation sites (tertiary alicyclic amines) is 1. The van der Waals surface area contributed by atoms with E-state index in [1.165, 1.54) is 6.07 Å². The maximum absolute atomic E-state index is 12.7. The van der Waals surface area contributed by atoms with Gasteiger partial charge in [0.1, 0.15) is 29.0 Å². The van der Waals surface area contributed by atoms with Crippen LogP contribution >= 0.6 is 0 Å². The smallest absolute Gasteiger partial charge is 0.268 e. The number of amides is 2. The molecule has 0 aliphatic carbocycles. The zero-order valence-corrected chi connectivity index (χ0v) is 21.1. The average Bonchev–Trinajstić information content (AvgIpc) is 3.25. The number of allylic oxidation sites excluding steroid dienone is 1. The third kappa shape index (κ3) is 4.86. The third-order valence-electron chi connectivity index (χ3n) is 6.91. The van der Waals surface area contributed by atoms with Crippen molar-refractivity contribution in [2.24, 2.45) is 21.7 Å². The van der Waals surface area contributed by atoms with Gasteiger partial charge in [0.2, 0.25) is 11.6 Å². The van der Waals surface area contributed by atoms with Crippen molar-refractivity contribution in [2.75, 3.05) is 32.1 Å². The summed E-state index contributed by atoms with van der Waals surface area (Å²) in [5.41, 5.74) is 2.10. The van der Waals surface area contributed by atoms with Crippen molar-refractivity contribution >= 4 is 29.7 Å². The molecule has 1 saturated heterocycles. The van der Waals surface area contributed by atoms with Gasteiger partial charge >= 0.3 is 0 Å². The Balaban J connectivity index is 1.42. The number of nitrogens with one attached hydrogen (secondary N) is 1. The molecule has 3 aliphatic rings. The van der Waals surface area contributed by atoms with Gasteiger partial charge in [-0.1, -0.05) is 6.07 Å². The van der Waals surface area contributed by atoms with Crippen LogP contribution in [0.4, 0.5) is 5.82 Å². The second kappa shape index (κ2) is 10.7. The van der Waals surface area contributed by atoms with Gasteiger partial charge in [0, 0.05) is 37.9 Å². The highest BCUT2D eigenvalue weighted by molar-refractivity contribution is 6.06. The predicted octanol–water partition coefficient (Wildman–Crippen LogP) is 2.53. The molecule has 0 spiro atoms. The van der Waals surface area contributed by atoms with Crippen molar-refractivity contribution in [3.05, 3.63) is 77.5 Å². The van der Waals surface area contributed by atoms with E-state index in [9.17, 15) is 14.7 Å². The van der Waals surface area contributed by atoms with Crippen molar-refractivity contribution in [1.82, 2.24) is 9.88 Å². The molecular formula is C27H30N7O4+. The van der Waals surface area contributed by atoms with Crippen LogP contribution in [0.15, 0.2) is 76.4 Å². The van der Waals surface area contributed by atoms with E-state index in [0.29, 0.717) is 49.0 Å². The van der Waals surface area contributed by atoms with Crippen molar-refractivity contribution < 1.29 is 24.0 Å². The highest BCUT2D eigenvalue weighted by Gasteiger charge is 2.47. The zero-order valence-electron chi connectivity index (χ0n) is 21.1. The lowest BCUT2D eigenvalue weighted by molar-refractivity contribution is -0.750. The van der Waals surface area contributed by atoms with E-state index >= 15 is 0 Å². The molecule has 2 aromatic rings. The number of rotatable bonds is 7. The minimum atomic E-state index is -0.402. The van der Waals surface area contributed by atoms with Crippen molar-refractivity contribution in [3.8, 4) is 5.75 Å². The van der Waals surface area contributed by atoms with E-state index in [1.807, 2.05) is 4.90 Å². The molecule has 2 atom stereocenters. The summed E-state index contributed by atoms with van der Waals surface area (Å²) in [6, 6.07) is 9.83. The highest BCUT2D eigenvalue weighted by atomic mass is 16.5. The summed E-state index contributed by atoms with van der Waals surface area (Å²) >= 11 is 0. The Kier molecular flexibility index (Phi) is 7.14. The van der Waals surface area contributed by atoms with Gasteiger partial charge < -0.3 is 20.1 Å². The molecule has 11 heteroatoms. The number of fused-ring (bicyclic) bond motifs is 1. The Morgan fingerprint density at radius 2 is 2.16 bits per heavy atom. The van der Waals surface area contributed by atoms with Gasteiger partial charge in [0.15, 0.2) is 0 Å². The van der Waals surface area contributed by atoms with Gasteiger partial charge in [0.25, 0.3) is 11.7 Å². The minimum Gasteiger partial charge on any atom is -0.507 e. The van der Waals surface area contributed by atoms with Crippen LogP contribution in [-0.2, 0) is 9.53 Å². The molecule has 2 amide bonds. The average molecular weight is 517 g/mol. The molecule has 4 heterocycles. The van der Waals surface area contributed by atoms with Gasteiger partial charge in [0.05, 0.1) is 25.4 Å². The molecule has 196 valence electrons. The van der Waals surface area contributed by atoms with Crippen LogP contribution in [0.5, 0.6) is 5.75 Å². The number of hydrogen-bond donors (Lipinski definition) is 3. The Morgan fingerprint density at radius 3 is 2.92 bits per heavy atom. The number of aromatic nitrogens is 1. The van der Waals surface area contributed by atoms with E-state index in [2.05, 4.69) is 15.3 Å². The Hall–Kier alpha value is -4.19. The lowest BCUT2D eigenvalue weighted by Crippen LogP contribution is -2.53. The van der Waals surface area contributed by atoms with Crippen LogP contribution in [0.3, 0.4) is 0 Å². The number of methoxy groups -OCH3 is 1. The number of carbonyl (C=O) groups is 2. The minimum absolute atomic E-state index is 0.0349. The Labute approximate surface area is 220 Å². The topological polar surface area (TPSA) is 142 Å². The quantitative estimate of drug-likeness (QED) is 0.381. The van der Waals surface area contributed by atoms with E-state index in [-0.39, 0.29) is 27.7 Å². The maximum Gasteiger partial charge on any atom is 0.268 e. The molecular weight excluding hydrogens is 486 g/mol. The van der Waals surface area contributed by atoms with Crippen LogP contribution < -0.4 is 11.2 Å². The molecule has 0 saturated carbocycles. The fourth-order valence-electron chi connectivity index (χ4n) is 4.95. The second-order valence-electron chi connectivity index (χ2n) is 9.38. The highest BCUT2D eigenvalue weighted by Crippen LogP contribution is 2.39. The van der Waals surface area contributed by atoms with Gasteiger partial charge in [-0.25, -0.2) is 4.98 Å². The van der Waals surface area contributed by atoms with Crippen LogP contribution in [0, 0.1) is 5.92 Å². The number of pyridine rings is 1. The van der Waals surface area contributed by atoms with Crippen molar-refractivity contribution in [2.45, 2.75) is 19.3 Å².